The van der Waals surface area contributed by atoms with Crippen LogP contribution in [0.1, 0.15) is 17.3 Å². The second-order valence-corrected chi connectivity index (χ2v) is 3.42. The number of rotatable bonds is 4. The van der Waals surface area contributed by atoms with Crippen LogP contribution in [0.2, 0.25) is 0 Å². The molecule has 1 rings (SSSR count). The molecule has 1 N–H and O–H groups in total. The topological polar surface area (TPSA) is 55.4 Å². The van der Waals surface area contributed by atoms with Gasteiger partial charge in [-0.05, 0) is 25.1 Å². The number of allylic oxidation sites excluding steroid dienone is 3. The van der Waals surface area contributed by atoms with Gasteiger partial charge in [0.25, 0.3) is 5.91 Å². The van der Waals surface area contributed by atoms with Crippen molar-refractivity contribution in [3.8, 4) is 0 Å². The van der Waals surface area contributed by atoms with Crippen molar-refractivity contribution in [3.63, 3.8) is 0 Å². The molecule has 0 unspecified atom stereocenters. The van der Waals surface area contributed by atoms with Crippen LogP contribution in [0.3, 0.4) is 0 Å². The number of ether oxygens (including phenoxy) is 1. The molecule has 0 saturated carbocycles. The van der Waals surface area contributed by atoms with E-state index in [1.807, 2.05) is 13.0 Å². The van der Waals surface area contributed by atoms with Gasteiger partial charge in [0.15, 0.2) is 0 Å². The van der Waals surface area contributed by atoms with Crippen LogP contribution in [-0.2, 0) is 9.53 Å². The standard InChI is InChI=1S/C14H15NO3/c1-3-4-10-12(14(17)18-2)15-13(16)11-8-6-5-7-9-11/h3-10H,1-2H3,(H,15,16)/b4-3?,12-10-. The first-order valence-corrected chi connectivity index (χ1v) is 5.46. The Morgan fingerprint density at radius 2 is 1.89 bits per heavy atom. The summed E-state index contributed by atoms with van der Waals surface area (Å²) in [7, 11) is 1.26. The van der Waals surface area contributed by atoms with Crippen LogP contribution in [0.25, 0.3) is 0 Å². The van der Waals surface area contributed by atoms with E-state index in [0.717, 1.165) is 0 Å². The summed E-state index contributed by atoms with van der Waals surface area (Å²) in [6.07, 6.45) is 4.89. The van der Waals surface area contributed by atoms with Crippen molar-refractivity contribution in [1.29, 1.82) is 0 Å². The van der Waals surface area contributed by atoms with Crippen LogP contribution in [0.5, 0.6) is 0 Å². The van der Waals surface area contributed by atoms with Gasteiger partial charge >= 0.3 is 5.97 Å². The highest BCUT2D eigenvalue weighted by Crippen LogP contribution is 2.01. The minimum atomic E-state index is -0.586. The van der Waals surface area contributed by atoms with Crippen LogP contribution < -0.4 is 5.32 Å². The average Bonchev–Trinajstić information content (AvgIpc) is 2.43. The number of benzene rings is 1. The van der Waals surface area contributed by atoms with Crippen LogP contribution in [0, 0.1) is 0 Å². The van der Waals surface area contributed by atoms with E-state index in [4.69, 9.17) is 0 Å². The van der Waals surface area contributed by atoms with Gasteiger partial charge in [0, 0.05) is 5.56 Å². The first-order valence-electron chi connectivity index (χ1n) is 5.46. The van der Waals surface area contributed by atoms with Gasteiger partial charge in [-0.25, -0.2) is 4.79 Å². The van der Waals surface area contributed by atoms with Gasteiger partial charge in [0.1, 0.15) is 5.70 Å². The maximum atomic E-state index is 11.9. The van der Waals surface area contributed by atoms with E-state index in [1.165, 1.54) is 13.2 Å². The Balaban J connectivity index is 2.85. The summed E-state index contributed by atoms with van der Waals surface area (Å²) in [5.74, 6) is -0.936. The van der Waals surface area contributed by atoms with Gasteiger partial charge in [-0.15, -0.1) is 0 Å². The molecule has 18 heavy (non-hydrogen) atoms. The molecule has 0 bridgehead atoms. The lowest BCUT2D eigenvalue weighted by Gasteiger charge is -2.07. The molecule has 0 aliphatic heterocycles. The van der Waals surface area contributed by atoms with Crippen molar-refractivity contribution in [2.75, 3.05) is 7.11 Å². The van der Waals surface area contributed by atoms with Crippen LogP contribution in [-0.4, -0.2) is 19.0 Å². The summed E-state index contributed by atoms with van der Waals surface area (Å²) >= 11 is 0. The van der Waals surface area contributed by atoms with Crippen LogP contribution >= 0.6 is 0 Å². The summed E-state index contributed by atoms with van der Waals surface area (Å²) in [5.41, 5.74) is 0.581. The van der Waals surface area contributed by atoms with Gasteiger partial charge in [-0.1, -0.05) is 30.4 Å². The summed E-state index contributed by atoms with van der Waals surface area (Å²) in [5, 5.41) is 2.52. The predicted octanol–water partition coefficient (Wildman–Crippen LogP) is 2.05. The first-order chi connectivity index (χ1) is 8.69. The Bertz CT molecular complexity index is 475. The largest absolute Gasteiger partial charge is 0.464 e. The number of carbonyl (C=O) groups excluding carboxylic acids is 2. The second kappa shape index (κ2) is 7.06. The fourth-order valence-electron chi connectivity index (χ4n) is 1.25. The molecule has 0 aliphatic rings. The normalized spacial score (nSPS) is 11.3. The van der Waals surface area contributed by atoms with Gasteiger partial charge in [0.2, 0.25) is 0 Å². The maximum absolute atomic E-state index is 11.9. The van der Waals surface area contributed by atoms with E-state index in [9.17, 15) is 9.59 Å². The molecule has 1 aromatic carbocycles. The number of carbonyl (C=O) groups is 2. The van der Waals surface area contributed by atoms with Gasteiger partial charge < -0.3 is 10.1 Å². The van der Waals surface area contributed by atoms with E-state index < -0.39 is 5.97 Å². The van der Waals surface area contributed by atoms with Crippen molar-refractivity contribution < 1.29 is 14.3 Å². The van der Waals surface area contributed by atoms with E-state index in [-0.39, 0.29) is 11.6 Å². The lowest BCUT2D eigenvalue weighted by molar-refractivity contribution is -0.136. The third kappa shape index (κ3) is 3.90. The van der Waals surface area contributed by atoms with Crippen molar-refractivity contribution in [2.45, 2.75) is 6.92 Å². The van der Waals surface area contributed by atoms with Crippen molar-refractivity contribution in [1.82, 2.24) is 5.32 Å². The van der Waals surface area contributed by atoms with Gasteiger partial charge in [-0.3, -0.25) is 4.79 Å². The van der Waals surface area contributed by atoms with Crippen molar-refractivity contribution in [2.24, 2.45) is 0 Å². The summed E-state index contributed by atoms with van der Waals surface area (Å²) in [6.45, 7) is 1.81. The zero-order valence-corrected chi connectivity index (χ0v) is 10.3. The monoisotopic (exact) mass is 245 g/mol. The molecule has 1 amide bonds. The molecule has 4 heteroatoms. The van der Waals surface area contributed by atoms with Gasteiger partial charge in [-0.2, -0.15) is 0 Å². The quantitative estimate of drug-likeness (QED) is 0.502. The molecule has 0 spiro atoms. The predicted molar refractivity (Wildman–Crippen MR) is 68.8 cm³/mol. The third-order valence-corrected chi connectivity index (χ3v) is 2.14. The number of esters is 1. The van der Waals surface area contributed by atoms with Crippen molar-refractivity contribution in [3.05, 3.63) is 59.8 Å². The minimum Gasteiger partial charge on any atom is -0.464 e. The molecule has 0 fully saturated rings. The Labute approximate surface area is 106 Å². The summed E-state index contributed by atoms with van der Waals surface area (Å²) < 4.78 is 4.59. The number of methoxy groups -OCH3 is 1. The lowest BCUT2D eigenvalue weighted by atomic mass is 10.2. The molecule has 1 aromatic rings. The highest BCUT2D eigenvalue weighted by atomic mass is 16.5. The van der Waals surface area contributed by atoms with E-state index in [0.29, 0.717) is 5.56 Å². The molecule has 94 valence electrons. The Morgan fingerprint density at radius 3 is 2.44 bits per heavy atom. The van der Waals surface area contributed by atoms with Crippen LogP contribution in [0.4, 0.5) is 0 Å². The number of nitrogens with one attached hydrogen (secondary N) is 1. The highest BCUT2D eigenvalue weighted by molar-refractivity contribution is 6.01. The Kier molecular flexibility index (Phi) is 5.38. The minimum absolute atomic E-state index is 0.101. The van der Waals surface area contributed by atoms with Gasteiger partial charge in [0.05, 0.1) is 7.11 Å². The first kappa shape index (κ1) is 13.7. The summed E-state index contributed by atoms with van der Waals surface area (Å²) in [4.78, 5) is 23.3. The molecule has 0 saturated heterocycles. The highest BCUT2D eigenvalue weighted by Gasteiger charge is 2.13. The molecular formula is C14H15NO3. The smallest absolute Gasteiger partial charge is 0.354 e. The zero-order chi connectivity index (χ0) is 13.4. The fourth-order valence-corrected chi connectivity index (χ4v) is 1.25. The van der Waals surface area contributed by atoms with Crippen molar-refractivity contribution >= 4 is 11.9 Å². The lowest BCUT2D eigenvalue weighted by Crippen LogP contribution is -2.28. The molecule has 0 aromatic heterocycles. The number of hydrogen-bond donors (Lipinski definition) is 1. The summed E-state index contributed by atoms with van der Waals surface area (Å²) in [6, 6.07) is 8.65. The number of amides is 1. The average molecular weight is 245 g/mol. The Morgan fingerprint density at radius 1 is 1.22 bits per heavy atom. The molecule has 0 atom stereocenters. The molecular weight excluding hydrogens is 230 g/mol. The van der Waals surface area contributed by atoms with E-state index in [2.05, 4.69) is 10.1 Å². The zero-order valence-electron chi connectivity index (χ0n) is 10.3. The third-order valence-electron chi connectivity index (χ3n) is 2.14. The maximum Gasteiger partial charge on any atom is 0.354 e. The fraction of sp³-hybridized carbons (Fsp3) is 0.143. The Hall–Kier alpha value is -2.36. The van der Waals surface area contributed by atoms with E-state index in [1.54, 1.807) is 36.4 Å². The van der Waals surface area contributed by atoms with Crippen LogP contribution in [0.15, 0.2) is 54.3 Å². The number of hydrogen-bond acceptors (Lipinski definition) is 3. The van der Waals surface area contributed by atoms with E-state index >= 15 is 0 Å². The second-order valence-electron chi connectivity index (χ2n) is 3.42. The molecule has 4 nitrogen and oxygen atoms in total. The SMILES string of the molecule is CC=C/C=C(\NC(=O)c1ccccc1)C(=O)OC. The molecule has 0 aliphatic carbocycles. The molecule has 0 heterocycles. The molecule has 0 radical (unpaired) electrons.